The van der Waals surface area contributed by atoms with Crippen molar-refractivity contribution in [2.45, 2.75) is 19.6 Å². The van der Waals surface area contributed by atoms with Crippen LogP contribution in [-0.4, -0.2) is 70.6 Å². The molecule has 2 aliphatic rings. The van der Waals surface area contributed by atoms with E-state index < -0.39 is 0 Å². The van der Waals surface area contributed by atoms with Gasteiger partial charge in [-0.15, -0.1) is 11.3 Å². The Morgan fingerprint density at radius 3 is 2.83 bits per heavy atom. The first-order valence-electron chi connectivity index (χ1n) is 8.92. The lowest BCUT2D eigenvalue weighted by Crippen LogP contribution is -2.47. The molecule has 0 bridgehead atoms. The lowest BCUT2D eigenvalue weighted by molar-refractivity contribution is 0.117. The summed E-state index contributed by atoms with van der Waals surface area (Å²) in [6.07, 6.45) is 4.11. The lowest BCUT2D eigenvalue weighted by atomic mass is 10.1. The monoisotopic (exact) mass is 345 g/mol. The van der Waals surface area contributed by atoms with Gasteiger partial charge in [0.1, 0.15) is 5.82 Å². The molecule has 0 spiro atoms. The van der Waals surface area contributed by atoms with Crippen molar-refractivity contribution in [3.8, 4) is 0 Å². The molecule has 1 unspecified atom stereocenters. The second kappa shape index (κ2) is 7.35. The Kier molecular flexibility index (Phi) is 4.98. The van der Waals surface area contributed by atoms with Crippen molar-refractivity contribution in [3.05, 3.63) is 40.6 Å². The average Bonchev–Trinajstić information content (AvgIpc) is 3.19. The first-order valence-corrected chi connectivity index (χ1v) is 9.80. The summed E-state index contributed by atoms with van der Waals surface area (Å²) in [5.74, 6) is 1.89. The van der Waals surface area contributed by atoms with E-state index in [0.29, 0.717) is 5.92 Å². The van der Waals surface area contributed by atoms with Gasteiger partial charge in [-0.1, -0.05) is 6.07 Å². The normalized spacial score (nSPS) is 24.0. The van der Waals surface area contributed by atoms with Gasteiger partial charge in [-0.3, -0.25) is 4.90 Å². The number of fused-ring (bicyclic) bond motifs is 1. The fourth-order valence-electron chi connectivity index (χ4n) is 3.88. The number of aromatic nitrogens is 2. The molecule has 1 fully saturated rings. The van der Waals surface area contributed by atoms with Gasteiger partial charge in [0.2, 0.25) is 0 Å². The van der Waals surface area contributed by atoms with Gasteiger partial charge in [0.15, 0.2) is 0 Å². The maximum Gasteiger partial charge on any atom is 0.122 e. The van der Waals surface area contributed by atoms with Crippen molar-refractivity contribution < 1.29 is 0 Å². The minimum atomic E-state index is 0.670. The van der Waals surface area contributed by atoms with Gasteiger partial charge < -0.3 is 14.4 Å². The molecule has 0 aliphatic carbocycles. The van der Waals surface area contributed by atoms with Crippen LogP contribution in [-0.2, 0) is 19.6 Å². The zero-order valence-electron chi connectivity index (χ0n) is 14.5. The second-order valence-corrected chi connectivity index (χ2v) is 8.25. The molecule has 1 saturated heterocycles. The zero-order chi connectivity index (χ0) is 16.4. The number of rotatable bonds is 4. The van der Waals surface area contributed by atoms with Crippen LogP contribution >= 0.6 is 11.3 Å². The first kappa shape index (κ1) is 16.3. The Bertz CT molecular complexity index is 630. The lowest BCUT2D eigenvalue weighted by Gasteiger charge is -2.35. The molecule has 0 radical (unpaired) electrons. The third kappa shape index (κ3) is 3.88. The molecule has 2 aromatic heterocycles. The summed E-state index contributed by atoms with van der Waals surface area (Å²) in [4.78, 5) is 13.7. The van der Waals surface area contributed by atoms with Gasteiger partial charge in [-0.25, -0.2) is 4.98 Å². The predicted octanol–water partition coefficient (Wildman–Crippen LogP) is 1.82. The Morgan fingerprint density at radius 2 is 2.04 bits per heavy atom. The summed E-state index contributed by atoms with van der Waals surface area (Å²) in [5.41, 5.74) is 0. The maximum absolute atomic E-state index is 4.59. The maximum atomic E-state index is 4.59. The van der Waals surface area contributed by atoms with E-state index in [1.807, 2.05) is 17.5 Å². The quantitative estimate of drug-likeness (QED) is 0.845. The van der Waals surface area contributed by atoms with E-state index in [4.69, 9.17) is 0 Å². The van der Waals surface area contributed by atoms with Crippen molar-refractivity contribution in [1.82, 2.24) is 24.3 Å². The van der Waals surface area contributed by atoms with E-state index >= 15 is 0 Å². The molecule has 0 N–H and O–H groups in total. The SMILES string of the molecule is CN1CCN(CC2CN(Cc3cccs3)Cc3nccn3C2)CC1. The molecule has 2 aromatic rings. The number of imidazole rings is 1. The summed E-state index contributed by atoms with van der Waals surface area (Å²) >= 11 is 1.86. The second-order valence-electron chi connectivity index (χ2n) is 7.21. The van der Waals surface area contributed by atoms with Crippen molar-refractivity contribution in [1.29, 1.82) is 0 Å². The molecule has 2 aliphatic heterocycles. The highest BCUT2D eigenvalue weighted by atomic mass is 32.1. The third-order valence-corrected chi connectivity index (χ3v) is 6.07. The number of hydrogen-bond acceptors (Lipinski definition) is 5. The standard InChI is InChI=1S/C18H27N5S/c1-20-6-8-21(9-7-20)11-16-12-22(14-17-3-2-10-24-17)15-18-19-4-5-23(18)13-16/h2-5,10,16H,6-9,11-15H2,1H3. The van der Waals surface area contributed by atoms with Gasteiger partial charge in [0.25, 0.3) is 0 Å². The van der Waals surface area contributed by atoms with Crippen molar-refractivity contribution >= 4 is 11.3 Å². The molecule has 5 nitrogen and oxygen atoms in total. The Balaban J connectivity index is 1.45. The number of thiophene rings is 1. The highest BCUT2D eigenvalue weighted by Gasteiger charge is 2.25. The molecule has 0 aromatic carbocycles. The van der Waals surface area contributed by atoms with E-state index in [9.17, 15) is 0 Å². The van der Waals surface area contributed by atoms with Gasteiger partial charge in [-0.05, 0) is 18.5 Å². The number of nitrogens with zero attached hydrogens (tertiary/aromatic N) is 5. The molecule has 24 heavy (non-hydrogen) atoms. The number of piperazine rings is 1. The topological polar surface area (TPSA) is 27.5 Å². The minimum Gasteiger partial charge on any atom is -0.333 e. The van der Waals surface area contributed by atoms with Crippen LogP contribution in [0.25, 0.3) is 0 Å². The molecule has 0 saturated carbocycles. The largest absolute Gasteiger partial charge is 0.333 e. The Morgan fingerprint density at radius 1 is 1.17 bits per heavy atom. The minimum absolute atomic E-state index is 0.670. The first-order chi connectivity index (χ1) is 11.8. The van der Waals surface area contributed by atoms with E-state index in [2.05, 4.69) is 55.0 Å². The fourth-order valence-corrected chi connectivity index (χ4v) is 4.62. The van der Waals surface area contributed by atoms with Crippen LogP contribution in [0.3, 0.4) is 0 Å². The molecular weight excluding hydrogens is 318 g/mol. The highest BCUT2D eigenvalue weighted by Crippen LogP contribution is 2.20. The van der Waals surface area contributed by atoms with Crippen LogP contribution in [0, 0.1) is 5.92 Å². The molecule has 130 valence electrons. The molecular formula is C18H27N5S. The van der Waals surface area contributed by atoms with E-state index in [1.54, 1.807) is 0 Å². The molecule has 0 amide bonds. The summed E-state index contributed by atoms with van der Waals surface area (Å²) in [6.45, 7) is 10.3. The average molecular weight is 346 g/mol. The fraction of sp³-hybridized carbons (Fsp3) is 0.611. The van der Waals surface area contributed by atoms with Gasteiger partial charge in [0.05, 0.1) is 6.54 Å². The van der Waals surface area contributed by atoms with Crippen molar-refractivity contribution in [2.24, 2.45) is 5.92 Å². The van der Waals surface area contributed by atoms with Crippen LogP contribution in [0.2, 0.25) is 0 Å². The van der Waals surface area contributed by atoms with Crippen LogP contribution in [0.4, 0.5) is 0 Å². The Labute approximate surface area is 148 Å². The molecule has 4 rings (SSSR count). The predicted molar refractivity (Wildman–Crippen MR) is 98.1 cm³/mol. The zero-order valence-corrected chi connectivity index (χ0v) is 15.3. The molecule has 1 atom stereocenters. The van der Waals surface area contributed by atoms with Crippen molar-refractivity contribution in [2.75, 3.05) is 46.3 Å². The molecule has 6 heteroatoms. The van der Waals surface area contributed by atoms with Gasteiger partial charge in [0, 0.05) is 75.5 Å². The number of hydrogen-bond donors (Lipinski definition) is 0. The summed E-state index contributed by atoms with van der Waals surface area (Å²) in [5, 5.41) is 2.18. The molecule has 4 heterocycles. The smallest absolute Gasteiger partial charge is 0.122 e. The van der Waals surface area contributed by atoms with E-state index in [-0.39, 0.29) is 0 Å². The van der Waals surface area contributed by atoms with E-state index in [1.165, 1.54) is 43.4 Å². The third-order valence-electron chi connectivity index (χ3n) is 5.21. The summed E-state index contributed by atoms with van der Waals surface area (Å²) in [7, 11) is 2.23. The van der Waals surface area contributed by atoms with Crippen LogP contribution in [0.5, 0.6) is 0 Å². The van der Waals surface area contributed by atoms with Crippen LogP contribution < -0.4 is 0 Å². The summed E-state index contributed by atoms with van der Waals surface area (Å²) < 4.78 is 2.37. The van der Waals surface area contributed by atoms with E-state index in [0.717, 1.165) is 26.2 Å². The van der Waals surface area contributed by atoms with Gasteiger partial charge >= 0.3 is 0 Å². The summed E-state index contributed by atoms with van der Waals surface area (Å²) in [6, 6.07) is 4.40. The Hall–Kier alpha value is -1.21. The van der Waals surface area contributed by atoms with Crippen LogP contribution in [0.1, 0.15) is 10.7 Å². The van der Waals surface area contributed by atoms with Gasteiger partial charge in [-0.2, -0.15) is 0 Å². The van der Waals surface area contributed by atoms with Crippen molar-refractivity contribution in [3.63, 3.8) is 0 Å². The number of likely N-dealkylation sites (N-methyl/N-ethyl adjacent to an activating group) is 1. The van der Waals surface area contributed by atoms with Crippen LogP contribution in [0.15, 0.2) is 29.9 Å². The highest BCUT2D eigenvalue weighted by molar-refractivity contribution is 7.09.